The van der Waals surface area contributed by atoms with Gasteiger partial charge in [0, 0.05) is 19.3 Å². The number of allylic oxidation sites excluding steroid dienone is 2. The number of ether oxygens (including phenoxy) is 3. The molecular weight excluding hydrogens is 985 g/mol. The molecular formula is C74H142O6. The molecule has 80 heavy (non-hydrogen) atoms. The van der Waals surface area contributed by atoms with Gasteiger partial charge in [0.2, 0.25) is 0 Å². The van der Waals surface area contributed by atoms with E-state index in [2.05, 4.69) is 32.9 Å². The van der Waals surface area contributed by atoms with E-state index in [9.17, 15) is 14.4 Å². The second-order valence-electron chi connectivity index (χ2n) is 25.2. The minimum atomic E-state index is -0.763. The van der Waals surface area contributed by atoms with Gasteiger partial charge in [-0.05, 0) is 44.9 Å². The minimum Gasteiger partial charge on any atom is -0.462 e. The smallest absolute Gasteiger partial charge is 0.306 e. The third-order valence-corrected chi connectivity index (χ3v) is 17.0. The molecule has 0 aromatic heterocycles. The molecule has 0 aromatic rings. The van der Waals surface area contributed by atoms with Gasteiger partial charge in [-0.2, -0.15) is 0 Å². The van der Waals surface area contributed by atoms with Crippen molar-refractivity contribution < 1.29 is 28.6 Å². The van der Waals surface area contributed by atoms with Crippen molar-refractivity contribution in [2.75, 3.05) is 13.2 Å². The number of carbonyl (C=O) groups excluding carboxylic acids is 3. The summed E-state index contributed by atoms with van der Waals surface area (Å²) in [5.74, 6) is -0.846. The number of carbonyl (C=O) groups is 3. The van der Waals surface area contributed by atoms with Crippen LogP contribution in [-0.4, -0.2) is 37.2 Å². The molecule has 0 N–H and O–H groups in total. The molecule has 0 aliphatic rings. The molecule has 0 bridgehead atoms. The van der Waals surface area contributed by atoms with E-state index >= 15 is 0 Å². The maximum atomic E-state index is 12.9. The van der Waals surface area contributed by atoms with Gasteiger partial charge < -0.3 is 14.2 Å². The number of unbranched alkanes of at least 4 members (excludes halogenated alkanes) is 56. The van der Waals surface area contributed by atoms with Crippen LogP contribution in [0, 0.1) is 0 Å². The Morgan fingerprint density at radius 2 is 0.412 bits per heavy atom. The highest BCUT2D eigenvalue weighted by atomic mass is 16.6. The molecule has 0 fully saturated rings. The maximum absolute atomic E-state index is 12.9. The Labute approximate surface area is 501 Å². The Bertz CT molecular complexity index is 1250. The van der Waals surface area contributed by atoms with E-state index in [0.717, 1.165) is 64.2 Å². The number of rotatable bonds is 69. The van der Waals surface area contributed by atoms with Crippen LogP contribution in [0.3, 0.4) is 0 Å². The van der Waals surface area contributed by atoms with Crippen molar-refractivity contribution in [2.24, 2.45) is 0 Å². The van der Waals surface area contributed by atoms with Crippen molar-refractivity contribution in [2.45, 2.75) is 431 Å². The van der Waals surface area contributed by atoms with E-state index in [1.165, 1.54) is 321 Å². The first-order chi connectivity index (χ1) is 39.5. The molecule has 0 saturated heterocycles. The lowest BCUT2D eigenvalue weighted by Crippen LogP contribution is -2.30. The standard InChI is InChI=1S/C74H142O6/c1-4-7-10-13-15-17-19-21-23-25-27-29-31-33-35-37-39-40-42-44-46-48-50-52-54-56-58-61-64-67-73(76)79-70-71(69-78-72(75)66-63-60-12-9-6-3)80-74(77)68-65-62-59-57-55-53-51-49-47-45-43-41-38-36-34-32-30-28-26-24-22-20-18-16-14-11-8-5-2/h25,27,71H,4-24,26,28-70H2,1-3H3/b27-25-. The fourth-order valence-electron chi connectivity index (χ4n) is 11.5. The normalized spacial score (nSPS) is 12.0. The molecule has 6 nitrogen and oxygen atoms in total. The first kappa shape index (κ1) is 78.1. The van der Waals surface area contributed by atoms with Crippen molar-refractivity contribution in [3.63, 3.8) is 0 Å². The van der Waals surface area contributed by atoms with Gasteiger partial charge in [-0.25, -0.2) is 0 Å². The fraction of sp³-hybridized carbons (Fsp3) is 0.932. The summed E-state index contributed by atoms with van der Waals surface area (Å²) in [6.45, 7) is 6.64. The van der Waals surface area contributed by atoms with Crippen LogP contribution in [0.1, 0.15) is 425 Å². The average molecular weight is 1130 g/mol. The molecule has 1 unspecified atom stereocenters. The Hall–Kier alpha value is -1.85. The summed E-state index contributed by atoms with van der Waals surface area (Å²) in [6, 6.07) is 0. The molecule has 0 radical (unpaired) electrons. The van der Waals surface area contributed by atoms with E-state index in [1.807, 2.05) is 0 Å². The summed E-state index contributed by atoms with van der Waals surface area (Å²) in [5, 5.41) is 0. The summed E-state index contributed by atoms with van der Waals surface area (Å²) in [5.41, 5.74) is 0. The van der Waals surface area contributed by atoms with Crippen LogP contribution in [0.5, 0.6) is 0 Å². The average Bonchev–Trinajstić information content (AvgIpc) is 3.46. The summed E-state index contributed by atoms with van der Waals surface area (Å²) in [7, 11) is 0. The first-order valence-electron chi connectivity index (χ1n) is 36.7. The van der Waals surface area contributed by atoms with Gasteiger partial charge in [0.05, 0.1) is 0 Å². The molecule has 0 aliphatic carbocycles. The number of esters is 3. The van der Waals surface area contributed by atoms with Crippen molar-refractivity contribution in [1.29, 1.82) is 0 Å². The van der Waals surface area contributed by atoms with Gasteiger partial charge in [-0.15, -0.1) is 0 Å². The van der Waals surface area contributed by atoms with E-state index in [4.69, 9.17) is 14.2 Å². The molecule has 1 atom stereocenters. The zero-order valence-electron chi connectivity index (χ0n) is 54.6. The van der Waals surface area contributed by atoms with Crippen LogP contribution in [0.25, 0.3) is 0 Å². The van der Waals surface area contributed by atoms with Gasteiger partial charge >= 0.3 is 17.9 Å². The highest BCUT2D eigenvalue weighted by molar-refractivity contribution is 5.71. The van der Waals surface area contributed by atoms with E-state index < -0.39 is 6.10 Å². The van der Waals surface area contributed by atoms with E-state index in [-0.39, 0.29) is 31.1 Å². The van der Waals surface area contributed by atoms with Crippen molar-refractivity contribution >= 4 is 17.9 Å². The summed E-state index contributed by atoms with van der Waals surface area (Å²) >= 11 is 0. The van der Waals surface area contributed by atoms with Crippen molar-refractivity contribution in [3.8, 4) is 0 Å². The second kappa shape index (κ2) is 69.6. The predicted octanol–water partition coefficient (Wildman–Crippen LogP) is 25.2. The minimum absolute atomic E-state index is 0.0638. The summed E-state index contributed by atoms with van der Waals surface area (Å²) in [4.78, 5) is 38.0. The lowest BCUT2D eigenvalue weighted by molar-refractivity contribution is -0.167. The summed E-state index contributed by atoms with van der Waals surface area (Å²) in [6.07, 6.45) is 84.7. The molecule has 0 saturated carbocycles. The molecule has 0 aromatic carbocycles. The van der Waals surface area contributed by atoms with Crippen LogP contribution in [-0.2, 0) is 28.6 Å². The first-order valence-corrected chi connectivity index (χ1v) is 36.7. The monoisotopic (exact) mass is 1130 g/mol. The molecule has 0 amide bonds. The lowest BCUT2D eigenvalue weighted by Gasteiger charge is -2.18. The summed E-state index contributed by atoms with van der Waals surface area (Å²) < 4.78 is 16.8. The van der Waals surface area contributed by atoms with Crippen LogP contribution < -0.4 is 0 Å². The lowest BCUT2D eigenvalue weighted by atomic mass is 10.0. The molecule has 0 rings (SSSR count). The van der Waals surface area contributed by atoms with E-state index in [1.54, 1.807) is 0 Å². The predicted molar refractivity (Wildman–Crippen MR) is 349 cm³/mol. The Morgan fingerprint density at radius 1 is 0.237 bits per heavy atom. The van der Waals surface area contributed by atoms with Crippen molar-refractivity contribution in [3.05, 3.63) is 12.2 Å². The Kier molecular flexibility index (Phi) is 68.0. The van der Waals surface area contributed by atoms with Crippen LogP contribution in [0.4, 0.5) is 0 Å². The zero-order valence-corrected chi connectivity index (χ0v) is 54.6. The molecule has 0 aliphatic heterocycles. The third kappa shape index (κ3) is 66.9. The molecule has 0 heterocycles. The zero-order chi connectivity index (χ0) is 57.8. The van der Waals surface area contributed by atoms with Gasteiger partial charge in [0.1, 0.15) is 13.2 Å². The highest BCUT2D eigenvalue weighted by Crippen LogP contribution is 2.19. The largest absolute Gasteiger partial charge is 0.462 e. The third-order valence-electron chi connectivity index (χ3n) is 17.0. The topological polar surface area (TPSA) is 78.9 Å². The number of hydrogen-bond donors (Lipinski definition) is 0. The van der Waals surface area contributed by atoms with Gasteiger partial charge in [0.15, 0.2) is 6.10 Å². The van der Waals surface area contributed by atoms with Crippen LogP contribution in [0.15, 0.2) is 12.2 Å². The number of hydrogen-bond acceptors (Lipinski definition) is 6. The van der Waals surface area contributed by atoms with Crippen LogP contribution in [0.2, 0.25) is 0 Å². The quantitative estimate of drug-likeness (QED) is 0.0261. The SMILES string of the molecule is CCCCCCCCCC/C=C\CCCCCCCCCCCCCCCCCCCC(=O)OCC(COC(=O)CCCCCCC)OC(=O)CCCCCCCCCCCCCCCCCCCCCCCCCCCCCC. The van der Waals surface area contributed by atoms with Gasteiger partial charge in [0.25, 0.3) is 0 Å². The van der Waals surface area contributed by atoms with E-state index in [0.29, 0.717) is 19.3 Å². The molecule has 6 heteroatoms. The van der Waals surface area contributed by atoms with Crippen LogP contribution >= 0.6 is 0 Å². The highest BCUT2D eigenvalue weighted by Gasteiger charge is 2.19. The Balaban J connectivity index is 3.89. The van der Waals surface area contributed by atoms with Crippen molar-refractivity contribution in [1.82, 2.24) is 0 Å². The maximum Gasteiger partial charge on any atom is 0.306 e. The Morgan fingerprint density at radius 3 is 0.625 bits per heavy atom. The molecule has 0 spiro atoms. The molecule has 474 valence electrons. The van der Waals surface area contributed by atoms with Gasteiger partial charge in [-0.1, -0.05) is 373 Å². The second-order valence-corrected chi connectivity index (χ2v) is 25.2. The fourth-order valence-corrected chi connectivity index (χ4v) is 11.5. The van der Waals surface area contributed by atoms with Gasteiger partial charge in [-0.3, -0.25) is 14.4 Å².